The van der Waals surface area contributed by atoms with Crippen molar-refractivity contribution >= 4 is 23.8 Å². The monoisotopic (exact) mass is 389 g/mol. The van der Waals surface area contributed by atoms with E-state index in [0.717, 1.165) is 28.5 Å². The minimum absolute atomic E-state index is 0.111. The van der Waals surface area contributed by atoms with E-state index in [4.69, 9.17) is 0 Å². The Labute approximate surface area is 164 Å². The third-order valence-electron chi connectivity index (χ3n) is 4.03. The summed E-state index contributed by atoms with van der Waals surface area (Å²) in [6.07, 6.45) is 1.60. The number of carbonyl (C=O) groups is 1. The van der Waals surface area contributed by atoms with Crippen LogP contribution in [0.15, 0.2) is 22.2 Å². The number of aromatic nitrogens is 3. The number of phenols is 1. The second-order valence-electron chi connectivity index (χ2n) is 8.58. The second kappa shape index (κ2) is 7.38. The van der Waals surface area contributed by atoms with Crippen molar-refractivity contribution < 1.29 is 15.0 Å². The number of benzene rings is 1. The van der Waals surface area contributed by atoms with E-state index in [2.05, 4.69) is 15.2 Å². The number of carboxylic acids is 1. The molecule has 0 aliphatic heterocycles. The smallest absolute Gasteiger partial charge is 0.342 e. The summed E-state index contributed by atoms with van der Waals surface area (Å²) < 4.78 is 0. The summed E-state index contributed by atoms with van der Waals surface area (Å²) >= 11 is 0.989. The van der Waals surface area contributed by atoms with Crippen molar-refractivity contribution in [1.82, 2.24) is 15.2 Å². The molecule has 0 radical (unpaired) electrons. The lowest BCUT2D eigenvalue weighted by atomic mass is 9.78. The van der Waals surface area contributed by atoms with E-state index in [1.54, 1.807) is 13.0 Å². The number of phenolic OH excluding ortho intramolecular Hbond substituents is 1. The van der Waals surface area contributed by atoms with Crippen molar-refractivity contribution in [3.05, 3.63) is 39.6 Å². The topological polar surface area (TPSA) is 99.1 Å². The average Bonchev–Trinajstić information content (AvgIpc) is 2.90. The number of nitrogens with one attached hydrogen (secondary N) is 1. The van der Waals surface area contributed by atoms with E-state index >= 15 is 0 Å². The maximum Gasteiger partial charge on any atom is 0.342 e. The Kier molecular flexibility index (Phi) is 5.75. The molecule has 0 aliphatic carbocycles. The molecule has 0 atom stereocenters. The van der Waals surface area contributed by atoms with Gasteiger partial charge < -0.3 is 10.2 Å². The second-order valence-corrected chi connectivity index (χ2v) is 9.59. The summed E-state index contributed by atoms with van der Waals surface area (Å²) in [5, 5.41) is 27.5. The molecule has 1 aromatic carbocycles. The summed E-state index contributed by atoms with van der Waals surface area (Å²) in [5.74, 6) is -0.164. The molecule has 1 aromatic heterocycles. The largest absolute Gasteiger partial charge is 0.507 e. The van der Waals surface area contributed by atoms with Crippen LogP contribution in [-0.4, -0.2) is 31.4 Å². The first kappa shape index (κ1) is 21.0. The standard InChI is InChI=1S/C20H27N3O3S/c1-11-21-18(23-22-11)27-15(17(25)26)10-12-8-13(19(2,3)4)16(24)14(9-12)20(5,6)7/h8-10,24H,1-7H3,(H,25,26)(H,21,22,23)/b15-10-. The fourth-order valence-corrected chi connectivity index (χ4v) is 3.39. The number of thioether (sulfide) groups is 1. The zero-order valence-corrected chi connectivity index (χ0v) is 17.7. The SMILES string of the molecule is Cc1nc(S/C(=C\c2cc(C(C)(C)C)c(O)c(C(C)(C)C)c2)C(=O)O)n[nH]1. The molecule has 0 amide bonds. The van der Waals surface area contributed by atoms with Crippen LogP contribution in [0.3, 0.4) is 0 Å². The van der Waals surface area contributed by atoms with Crippen molar-refractivity contribution in [2.45, 2.75) is 64.5 Å². The molecule has 6 nitrogen and oxygen atoms in total. The van der Waals surface area contributed by atoms with E-state index in [0.29, 0.717) is 11.0 Å². The zero-order chi connectivity index (χ0) is 20.6. The van der Waals surface area contributed by atoms with Gasteiger partial charge in [0.1, 0.15) is 16.5 Å². The van der Waals surface area contributed by atoms with Crippen LogP contribution < -0.4 is 0 Å². The Morgan fingerprint density at radius 1 is 1.11 bits per heavy atom. The first-order valence-corrected chi connectivity index (χ1v) is 9.50. The molecule has 0 saturated carbocycles. The fraction of sp³-hybridized carbons (Fsp3) is 0.450. The normalized spacial score (nSPS) is 13.1. The van der Waals surface area contributed by atoms with Gasteiger partial charge in [-0.25, -0.2) is 9.78 Å². The minimum Gasteiger partial charge on any atom is -0.507 e. The van der Waals surface area contributed by atoms with Gasteiger partial charge in [-0.05, 0) is 53.3 Å². The van der Waals surface area contributed by atoms with Crippen molar-refractivity contribution in [3.8, 4) is 5.75 Å². The third-order valence-corrected chi connectivity index (χ3v) is 4.91. The zero-order valence-electron chi connectivity index (χ0n) is 16.8. The summed E-state index contributed by atoms with van der Waals surface area (Å²) in [4.78, 5) is 16.0. The molecule has 2 rings (SSSR count). The number of aromatic amines is 1. The number of hydrogen-bond donors (Lipinski definition) is 3. The van der Waals surface area contributed by atoms with E-state index in [1.165, 1.54) is 0 Å². The van der Waals surface area contributed by atoms with Crippen molar-refractivity contribution in [2.24, 2.45) is 0 Å². The molecular formula is C20H27N3O3S. The van der Waals surface area contributed by atoms with Crippen LogP contribution >= 0.6 is 11.8 Å². The number of rotatable bonds is 4. The summed E-state index contributed by atoms with van der Waals surface area (Å²) in [5.41, 5.74) is 1.71. The Bertz CT molecular complexity index is 852. The molecule has 27 heavy (non-hydrogen) atoms. The fourth-order valence-electron chi connectivity index (χ4n) is 2.64. The van der Waals surface area contributed by atoms with Crippen LogP contribution in [0.4, 0.5) is 0 Å². The Hall–Kier alpha value is -2.28. The molecule has 0 bridgehead atoms. The predicted molar refractivity (Wildman–Crippen MR) is 108 cm³/mol. The van der Waals surface area contributed by atoms with Gasteiger partial charge in [0.05, 0.1) is 0 Å². The lowest BCUT2D eigenvalue weighted by Crippen LogP contribution is -2.17. The van der Waals surface area contributed by atoms with Crippen LogP contribution in [-0.2, 0) is 15.6 Å². The number of nitrogens with zero attached hydrogens (tertiary/aromatic N) is 2. The quantitative estimate of drug-likeness (QED) is 0.521. The summed E-state index contributed by atoms with van der Waals surface area (Å²) in [6, 6.07) is 3.69. The first-order valence-electron chi connectivity index (χ1n) is 8.69. The van der Waals surface area contributed by atoms with E-state index in [1.807, 2.05) is 53.7 Å². The molecule has 0 fully saturated rings. The van der Waals surface area contributed by atoms with E-state index in [-0.39, 0.29) is 21.5 Å². The van der Waals surface area contributed by atoms with E-state index < -0.39 is 5.97 Å². The van der Waals surface area contributed by atoms with Gasteiger partial charge in [0.15, 0.2) is 0 Å². The maximum absolute atomic E-state index is 11.7. The van der Waals surface area contributed by atoms with Gasteiger partial charge in [-0.2, -0.15) is 0 Å². The van der Waals surface area contributed by atoms with Crippen molar-refractivity contribution in [1.29, 1.82) is 0 Å². The van der Waals surface area contributed by atoms with Gasteiger partial charge in [0, 0.05) is 11.1 Å². The Balaban J connectivity index is 2.60. The van der Waals surface area contributed by atoms with Gasteiger partial charge in [-0.15, -0.1) is 5.10 Å². The highest BCUT2D eigenvalue weighted by atomic mass is 32.2. The molecule has 0 aliphatic rings. The lowest BCUT2D eigenvalue weighted by Gasteiger charge is -2.28. The van der Waals surface area contributed by atoms with Gasteiger partial charge >= 0.3 is 5.97 Å². The minimum atomic E-state index is -1.05. The Morgan fingerprint density at radius 2 is 1.63 bits per heavy atom. The van der Waals surface area contributed by atoms with Gasteiger partial charge in [0.2, 0.25) is 5.16 Å². The molecule has 3 N–H and O–H groups in total. The van der Waals surface area contributed by atoms with E-state index in [9.17, 15) is 15.0 Å². The van der Waals surface area contributed by atoms with Gasteiger partial charge in [-0.1, -0.05) is 41.5 Å². The molecule has 0 unspecified atom stereocenters. The van der Waals surface area contributed by atoms with Crippen LogP contribution in [0.5, 0.6) is 5.75 Å². The summed E-state index contributed by atoms with van der Waals surface area (Å²) in [7, 11) is 0. The van der Waals surface area contributed by atoms with Crippen LogP contribution in [0, 0.1) is 6.92 Å². The molecular weight excluding hydrogens is 362 g/mol. The number of hydrogen-bond acceptors (Lipinski definition) is 5. The van der Waals surface area contributed by atoms with Gasteiger partial charge in [-0.3, -0.25) is 5.10 Å². The van der Waals surface area contributed by atoms with Gasteiger partial charge in [0.25, 0.3) is 0 Å². The highest BCUT2D eigenvalue weighted by Crippen LogP contribution is 2.40. The number of aromatic hydroxyl groups is 1. The van der Waals surface area contributed by atoms with Crippen LogP contribution in [0.25, 0.3) is 6.08 Å². The summed E-state index contributed by atoms with van der Waals surface area (Å²) in [6.45, 7) is 13.9. The van der Waals surface area contributed by atoms with Crippen molar-refractivity contribution in [3.63, 3.8) is 0 Å². The van der Waals surface area contributed by atoms with Crippen LogP contribution in [0.1, 0.15) is 64.1 Å². The number of H-pyrrole nitrogens is 1. The average molecular weight is 390 g/mol. The lowest BCUT2D eigenvalue weighted by molar-refractivity contribution is -0.131. The number of aryl methyl sites for hydroxylation is 1. The number of carboxylic acid groups (broad SMARTS) is 1. The molecule has 1 heterocycles. The molecule has 0 spiro atoms. The highest BCUT2D eigenvalue weighted by molar-refractivity contribution is 8.04. The Morgan fingerprint density at radius 3 is 2.00 bits per heavy atom. The third kappa shape index (κ3) is 5.13. The van der Waals surface area contributed by atoms with Crippen LogP contribution in [0.2, 0.25) is 0 Å². The molecule has 7 heteroatoms. The maximum atomic E-state index is 11.7. The number of aliphatic carboxylic acids is 1. The predicted octanol–water partition coefficient (Wildman–Crippen LogP) is 4.63. The van der Waals surface area contributed by atoms with Crippen molar-refractivity contribution in [2.75, 3.05) is 0 Å². The first-order chi connectivity index (χ1) is 12.3. The highest BCUT2D eigenvalue weighted by Gasteiger charge is 2.26. The molecule has 146 valence electrons. The molecule has 0 saturated heterocycles. The molecule has 2 aromatic rings.